The smallest absolute Gasteiger partial charge is 0.329 e. The van der Waals surface area contributed by atoms with Crippen molar-refractivity contribution in [2.75, 3.05) is 7.11 Å². The van der Waals surface area contributed by atoms with Crippen LogP contribution in [0.3, 0.4) is 0 Å². The number of carbonyl (C=O) groups excluding carboxylic acids is 1. The van der Waals surface area contributed by atoms with E-state index in [-0.39, 0.29) is 0 Å². The number of hydrogen-bond acceptors (Lipinski definition) is 4. The number of methoxy groups -OCH3 is 1. The second-order valence-corrected chi connectivity index (χ2v) is 6.35. The highest BCUT2D eigenvalue weighted by atomic mass is 16.5. The minimum Gasteiger partial charge on any atom is -0.488 e. The predicted molar refractivity (Wildman–Crippen MR) is 99.6 cm³/mol. The summed E-state index contributed by atoms with van der Waals surface area (Å²) in [5.41, 5.74) is 7.60. The number of benzene rings is 2. The fraction of sp³-hybridized carbons (Fsp3) is 0.381. The molecule has 4 nitrogen and oxygen atoms in total. The first-order chi connectivity index (χ1) is 12.0. The van der Waals surface area contributed by atoms with Gasteiger partial charge in [0.05, 0.1) is 7.11 Å². The molecule has 0 saturated carbocycles. The summed E-state index contributed by atoms with van der Waals surface area (Å²) in [5.74, 6) is 0.252. The third-order valence-corrected chi connectivity index (χ3v) is 4.44. The van der Waals surface area contributed by atoms with Gasteiger partial charge in [-0.2, -0.15) is 0 Å². The van der Waals surface area contributed by atoms with Gasteiger partial charge < -0.3 is 15.2 Å². The SMILES string of the molecule is CCCC(N)(C(=O)OC)C(C)Oc1ccc(Cc2ccccc2)cc1. The Hall–Kier alpha value is -2.33. The Morgan fingerprint density at radius 1 is 1.08 bits per heavy atom. The first kappa shape index (κ1) is 19.0. The van der Waals surface area contributed by atoms with Gasteiger partial charge in [-0.05, 0) is 43.0 Å². The molecule has 2 unspecified atom stereocenters. The Morgan fingerprint density at radius 3 is 2.24 bits per heavy atom. The van der Waals surface area contributed by atoms with Crippen molar-refractivity contribution in [3.8, 4) is 5.75 Å². The van der Waals surface area contributed by atoms with Crippen LogP contribution in [0.25, 0.3) is 0 Å². The van der Waals surface area contributed by atoms with Crippen LogP contribution in [-0.4, -0.2) is 24.7 Å². The van der Waals surface area contributed by atoms with Gasteiger partial charge in [-0.1, -0.05) is 55.8 Å². The van der Waals surface area contributed by atoms with E-state index in [4.69, 9.17) is 15.2 Å². The minimum absolute atomic E-state index is 0.442. The lowest BCUT2D eigenvalue weighted by Crippen LogP contribution is -2.58. The second kappa shape index (κ2) is 8.67. The number of esters is 1. The Bertz CT molecular complexity index is 669. The zero-order valence-electron chi connectivity index (χ0n) is 15.2. The molecule has 0 radical (unpaired) electrons. The van der Waals surface area contributed by atoms with Gasteiger partial charge in [0.15, 0.2) is 5.54 Å². The monoisotopic (exact) mass is 341 g/mol. The van der Waals surface area contributed by atoms with E-state index in [2.05, 4.69) is 12.1 Å². The third-order valence-electron chi connectivity index (χ3n) is 4.44. The molecule has 0 amide bonds. The summed E-state index contributed by atoms with van der Waals surface area (Å²) in [4.78, 5) is 12.1. The van der Waals surface area contributed by atoms with Gasteiger partial charge in [0.2, 0.25) is 0 Å². The molecule has 2 aromatic rings. The molecule has 4 heteroatoms. The van der Waals surface area contributed by atoms with Crippen LogP contribution in [0.2, 0.25) is 0 Å². The van der Waals surface area contributed by atoms with E-state index >= 15 is 0 Å². The minimum atomic E-state index is -1.15. The van der Waals surface area contributed by atoms with Crippen LogP contribution in [0.15, 0.2) is 54.6 Å². The van der Waals surface area contributed by atoms with E-state index < -0.39 is 17.6 Å². The fourth-order valence-electron chi connectivity index (χ4n) is 2.90. The van der Waals surface area contributed by atoms with Gasteiger partial charge in [-0.25, -0.2) is 4.79 Å². The van der Waals surface area contributed by atoms with Gasteiger partial charge >= 0.3 is 5.97 Å². The van der Waals surface area contributed by atoms with Crippen LogP contribution < -0.4 is 10.5 Å². The molecule has 2 atom stereocenters. The summed E-state index contributed by atoms with van der Waals surface area (Å²) in [7, 11) is 1.35. The van der Waals surface area contributed by atoms with Crippen LogP contribution >= 0.6 is 0 Å². The quantitative estimate of drug-likeness (QED) is 0.744. The molecule has 2 aromatic carbocycles. The molecule has 0 aromatic heterocycles. The number of ether oxygens (including phenoxy) is 2. The second-order valence-electron chi connectivity index (χ2n) is 6.35. The van der Waals surface area contributed by atoms with Gasteiger partial charge in [-0.15, -0.1) is 0 Å². The highest BCUT2D eigenvalue weighted by Gasteiger charge is 2.41. The number of carbonyl (C=O) groups is 1. The number of rotatable bonds is 8. The molecule has 134 valence electrons. The lowest BCUT2D eigenvalue weighted by atomic mass is 9.89. The summed E-state index contributed by atoms with van der Waals surface area (Å²) in [5, 5.41) is 0. The van der Waals surface area contributed by atoms with Crippen molar-refractivity contribution in [3.63, 3.8) is 0 Å². The van der Waals surface area contributed by atoms with Crippen molar-refractivity contribution >= 4 is 5.97 Å². The molecule has 0 fully saturated rings. The topological polar surface area (TPSA) is 61.6 Å². The molecule has 0 heterocycles. The van der Waals surface area contributed by atoms with Crippen LogP contribution in [0.5, 0.6) is 5.75 Å². The van der Waals surface area contributed by atoms with Gasteiger partial charge in [0.25, 0.3) is 0 Å². The maximum atomic E-state index is 12.1. The van der Waals surface area contributed by atoms with E-state index in [1.54, 1.807) is 0 Å². The van der Waals surface area contributed by atoms with Crippen molar-refractivity contribution in [2.45, 2.75) is 44.8 Å². The number of nitrogens with two attached hydrogens (primary N) is 1. The average Bonchev–Trinajstić information content (AvgIpc) is 2.63. The van der Waals surface area contributed by atoms with Gasteiger partial charge in [0, 0.05) is 0 Å². The third kappa shape index (κ3) is 4.83. The van der Waals surface area contributed by atoms with Crippen molar-refractivity contribution < 1.29 is 14.3 Å². The average molecular weight is 341 g/mol. The molecule has 0 bridgehead atoms. The van der Waals surface area contributed by atoms with E-state index in [9.17, 15) is 4.79 Å². The van der Waals surface area contributed by atoms with Crippen LogP contribution in [-0.2, 0) is 16.0 Å². The van der Waals surface area contributed by atoms with Gasteiger partial charge in [-0.3, -0.25) is 0 Å². The summed E-state index contributed by atoms with van der Waals surface area (Å²) >= 11 is 0. The largest absolute Gasteiger partial charge is 0.488 e. The van der Waals surface area contributed by atoms with Crippen molar-refractivity contribution in [1.82, 2.24) is 0 Å². The maximum absolute atomic E-state index is 12.1. The maximum Gasteiger partial charge on any atom is 0.329 e. The summed E-state index contributed by atoms with van der Waals surface area (Å²) < 4.78 is 10.8. The van der Waals surface area contributed by atoms with Crippen molar-refractivity contribution in [1.29, 1.82) is 0 Å². The summed E-state index contributed by atoms with van der Waals surface area (Å²) in [6, 6.07) is 18.2. The lowest BCUT2D eigenvalue weighted by molar-refractivity contribution is -0.151. The standard InChI is InChI=1S/C21H27NO3/c1-4-14-21(22,20(23)24-3)16(2)25-19-12-10-18(11-13-19)15-17-8-6-5-7-9-17/h5-13,16H,4,14-15,22H2,1-3H3. The lowest BCUT2D eigenvalue weighted by Gasteiger charge is -2.32. The first-order valence-electron chi connectivity index (χ1n) is 8.66. The van der Waals surface area contributed by atoms with Crippen molar-refractivity contribution in [3.05, 3.63) is 65.7 Å². The highest BCUT2D eigenvalue weighted by Crippen LogP contribution is 2.23. The molecule has 0 saturated heterocycles. The molecular weight excluding hydrogens is 314 g/mol. The zero-order valence-corrected chi connectivity index (χ0v) is 15.2. The van der Waals surface area contributed by atoms with E-state index in [0.29, 0.717) is 12.2 Å². The molecule has 0 aliphatic heterocycles. The molecule has 0 aliphatic rings. The Balaban J connectivity index is 2.05. The van der Waals surface area contributed by atoms with E-state index in [0.717, 1.165) is 12.8 Å². The molecule has 0 aliphatic carbocycles. The Morgan fingerprint density at radius 2 is 1.68 bits per heavy atom. The van der Waals surface area contributed by atoms with E-state index in [1.165, 1.54) is 18.2 Å². The Kier molecular flexibility index (Phi) is 6.59. The van der Waals surface area contributed by atoms with Crippen LogP contribution in [0.1, 0.15) is 37.8 Å². The highest BCUT2D eigenvalue weighted by molar-refractivity contribution is 5.81. The summed E-state index contributed by atoms with van der Waals surface area (Å²) in [6.45, 7) is 3.79. The summed E-state index contributed by atoms with van der Waals surface area (Å²) in [6.07, 6.45) is 1.66. The predicted octanol–water partition coefficient (Wildman–Crippen LogP) is 3.72. The molecule has 0 spiro atoms. The number of hydrogen-bond donors (Lipinski definition) is 1. The molecule has 25 heavy (non-hydrogen) atoms. The molecule has 2 N–H and O–H groups in total. The Labute approximate surface area is 150 Å². The zero-order chi connectivity index (χ0) is 18.3. The molecular formula is C21H27NO3. The fourth-order valence-corrected chi connectivity index (χ4v) is 2.90. The van der Waals surface area contributed by atoms with Crippen LogP contribution in [0.4, 0.5) is 0 Å². The molecule has 2 rings (SSSR count). The van der Waals surface area contributed by atoms with Crippen LogP contribution in [0, 0.1) is 0 Å². The normalized spacial score (nSPS) is 14.4. The van der Waals surface area contributed by atoms with E-state index in [1.807, 2.05) is 56.3 Å². The van der Waals surface area contributed by atoms with Gasteiger partial charge in [0.1, 0.15) is 11.9 Å². The first-order valence-corrected chi connectivity index (χ1v) is 8.66. The van der Waals surface area contributed by atoms with Crippen molar-refractivity contribution in [2.24, 2.45) is 5.73 Å².